The summed E-state index contributed by atoms with van der Waals surface area (Å²) < 4.78 is 20.7. The molecule has 14 nitrogen and oxygen atoms in total. The number of azo groups is 1. The zero-order chi connectivity index (χ0) is 34.4. The molecular weight excluding hydrogens is 596 g/mol. The molecule has 2 N–H and O–H groups in total. The number of ether oxygens (including phenoxy) is 4. The third kappa shape index (κ3) is 13.4. The van der Waals surface area contributed by atoms with E-state index in [0.717, 1.165) is 0 Å². The molecule has 2 atom stereocenters. The molecule has 0 radical (unpaired) electrons. The van der Waals surface area contributed by atoms with Crippen molar-refractivity contribution in [2.75, 3.05) is 17.2 Å². The molecule has 244 valence electrons. The maximum absolute atomic E-state index is 12.5. The van der Waals surface area contributed by atoms with Gasteiger partial charge in [0.1, 0.15) is 17.1 Å². The fourth-order valence-electron chi connectivity index (χ4n) is 3.51. The predicted molar refractivity (Wildman–Crippen MR) is 166 cm³/mol. The van der Waals surface area contributed by atoms with Gasteiger partial charge in [-0.15, -0.1) is 0 Å². The smallest absolute Gasteiger partial charge is 0.412 e. The van der Waals surface area contributed by atoms with Crippen LogP contribution in [0.5, 0.6) is 11.5 Å². The Kier molecular flexibility index (Phi) is 13.2. The molecule has 0 aliphatic rings. The van der Waals surface area contributed by atoms with E-state index in [4.69, 9.17) is 18.9 Å². The molecule has 0 aliphatic carbocycles. The summed E-state index contributed by atoms with van der Waals surface area (Å²) in [7, 11) is 0. The summed E-state index contributed by atoms with van der Waals surface area (Å²) >= 11 is 0. The lowest BCUT2D eigenvalue weighted by molar-refractivity contribution is -0.135. The number of hydrogen-bond donors (Lipinski definition) is 2. The van der Waals surface area contributed by atoms with Crippen molar-refractivity contribution in [1.29, 1.82) is 10.5 Å². The summed E-state index contributed by atoms with van der Waals surface area (Å²) in [6, 6.07) is 16.3. The molecular formula is C32H38N6O8. The summed E-state index contributed by atoms with van der Waals surface area (Å²) in [6.45, 7) is 9.97. The van der Waals surface area contributed by atoms with E-state index in [2.05, 4.69) is 20.9 Å². The van der Waals surface area contributed by atoms with E-state index in [-0.39, 0.29) is 43.8 Å². The van der Waals surface area contributed by atoms with E-state index in [1.54, 1.807) is 52.0 Å². The largest absolute Gasteiger partial charge is 0.450 e. The van der Waals surface area contributed by atoms with Gasteiger partial charge in [-0.25, -0.2) is 9.59 Å². The van der Waals surface area contributed by atoms with Gasteiger partial charge in [-0.3, -0.25) is 20.2 Å². The van der Waals surface area contributed by atoms with Crippen LogP contribution in [0.1, 0.15) is 67.2 Å². The quantitative estimate of drug-likeness (QED) is 0.136. The highest BCUT2D eigenvalue weighted by Gasteiger charge is 2.30. The van der Waals surface area contributed by atoms with Crippen LogP contribution in [0.15, 0.2) is 58.8 Å². The van der Waals surface area contributed by atoms with Gasteiger partial charge in [0.2, 0.25) is 0 Å². The second-order valence-corrected chi connectivity index (χ2v) is 11.4. The molecule has 2 aromatic carbocycles. The first-order valence-electron chi connectivity index (χ1n) is 14.4. The topological polar surface area (TPSA) is 202 Å². The number of amides is 2. The molecule has 0 saturated carbocycles. The molecule has 0 aromatic heterocycles. The first-order chi connectivity index (χ1) is 21.6. The van der Waals surface area contributed by atoms with E-state index in [0.29, 0.717) is 11.4 Å². The van der Waals surface area contributed by atoms with Gasteiger partial charge in [0.25, 0.3) is 0 Å². The highest BCUT2D eigenvalue weighted by molar-refractivity contribution is 5.86. The van der Waals surface area contributed by atoms with Gasteiger partial charge in [-0.2, -0.15) is 20.8 Å². The average molecular weight is 635 g/mol. The van der Waals surface area contributed by atoms with Crippen LogP contribution < -0.4 is 20.1 Å². The Bertz CT molecular complexity index is 1520. The van der Waals surface area contributed by atoms with E-state index < -0.39 is 40.8 Å². The SMILES string of the molecule is CCOC(=O)Nc1cccc(OC(=O)CCC(C)(C#N)N=NC(C)(C#N)CCC(=O)Oc2cccc(NC(=O)OC(C)(C)C)c2)c1. The molecule has 0 bridgehead atoms. The zero-order valence-corrected chi connectivity index (χ0v) is 26.7. The van der Waals surface area contributed by atoms with Crippen molar-refractivity contribution in [3.63, 3.8) is 0 Å². The van der Waals surface area contributed by atoms with Crippen molar-refractivity contribution >= 4 is 35.5 Å². The third-order valence-corrected chi connectivity index (χ3v) is 5.90. The van der Waals surface area contributed by atoms with Crippen molar-refractivity contribution < 1.29 is 38.1 Å². The lowest BCUT2D eigenvalue weighted by atomic mass is 9.97. The minimum absolute atomic E-state index is 0.0657. The van der Waals surface area contributed by atoms with Crippen molar-refractivity contribution in [1.82, 2.24) is 0 Å². The molecule has 2 unspecified atom stereocenters. The number of hydrogen-bond acceptors (Lipinski definition) is 12. The maximum Gasteiger partial charge on any atom is 0.412 e. The Labute approximate surface area is 267 Å². The number of nitriles is 2. The van der Waals surface area contributed by atoms with Crippen LogP contribution in [0.2, 0.25) is 0 Å². The van der Waals surface area contributed by atoms with Crippen LogP contribution >= 0.6 is 0 Å². The number of benzene rings is 2. The number of carbonyl (C=O) groups is 4. The van der Waals surface area contributed by atoms with Crippen LogP contribution in [0.4, 0.5) is 21.0 Å². The number of rotatable bonds is 13. The highest BCUT2D eigenvalue weighted by atomic mass is 16.6. The Morgan fingerprint density at radius 2 is 1.17 bits per heavy atom. The van der Waals surface area contributed by atoms with Crippen LogP contribution in [-0.2, 0) is 19.1 Å². The standard InChI is InChI=1S/C32H38N6O8/c1-7-43-28(41)35-22-10-8-12-24(18-22)44-26(39)14-16-31(5,20-33)37-38-32(6,21-34)17-15-27(40)45-25-13-9-11-23(19-25)36-29(42)46-30(2,3)4/h8-13,18-19H,7,14-17H2,1-6H3,(H,35,41)(H,36,42). The second kappa shape index (κ2) is 16.5. The molecule has 46 heavy (non-hydrogen) atoms. The molecule has 2 aromatic rings. The summed E-state index contributed by atoms with van der Waals surface area (Å²) in [5.41, 5.74) is -2.90. The van der Waals surface area contributed by atoms with Crippen molar-refractivity contribution in [2.24, 2.45) is 10.2 Å². The molecule has 2 rings (SSSR count). The van der Waals surface area contributed by atoms with Gasteiger partial charge in [0.15, 0.2) is 11.1 Å². The molecule has 14 heteroatoms. The van der Waals surface area contributed by atoms with E-state index in [9.17, 15) is 29.7 Å². The van der Waals surface area contributed by atoms with E-state index >= 15 is 0 Å². The Morgan fingerprint density at radius 3 is 1.57 bits per heavy atom. The van der Waals surface area contributed by atoms with E-state index in [1.807, 2.05) is 12.1 Å². The van der Waals surface area contributed by atoms with Crippen LogP contribution in [-0.4, -0.2) is 47.4 Å². The number of carbonyl (C=O) groups excluding carboxylic acids is 4. The lowest BCUT2D eigenvalue weighted by Crippen LogP contribution is -2.27. The van der Waals surface area contributed by atoms with Gasteiger partial charge >= 0.3 is 24.1 Å². The Morgan fingerprint density at radius 1 is 0.739 bits per heavy atom. The summed E-state index contributed by atoms with van der Waals surface area (Å²) in [6.07, 6.45) is -1.85. The van der Waals surface area contributed by atoms with Gasteiger partial charge in [0, 0.05) is 36.3 Å². The fourth-order valence-corrected chi connectivity index (χ4v) is 3.51. The first-order valence-corrected chi connectivity index (χ1v) is 14.4. The van der Waals surface area contributed by atoms with Gasteiger partial charge in [-0.1, -0.05) is 12.1 Å². The predicted octanol–water partition coefficient (Wildman–Crippen LogP) is 6.69. The number of anilines is 2. The van der Waals surface area contributed by atoms with Gasteiger partial charge in [-0.05, 0) is 78.6 Å². The lowest BCUT2D eigenvalue weighted by Gasteiger charge is -2.20. The monoisotopic (exact) mass is 634 g/mol. The Hall–Kier alpha value is -5.50. The first kappa shape index (κ1) is 36.7. The number of esters is 2. The molecule has 0 fully saturated rings. The number of nitrogens with one attached hydrogen (secondary N) is 2. The highest BCUT2D eigenvalue weighted by Crippen LogP contribution is 2.26. The van der Waals surface area contributed by atoms with Crippen LogP contribution in [0, 0.1) is 22.7 Å². The third-order valence-electron chi connectivity index (χ3n) is 5.90. The van der Waals surface area contributed by atoms with Crippen molar-refractivity contribution in [2.45, 2.75) is 83.9 Å². The maximum atomic E-state index is 12.5. The average Bonchev–Trinajstić information content (AvgIpc) is 2.97. The normalized spacial score (nSPS) is 13.6. The Balaban J connectivity index is 1.93. The zero-order valence-electron chi connectivity index (χ0n) is 26.7. The van der Waals surface area contributed by atoms with Crippen molar-refractivity contribution in [3.8, 4) is 23.6 Å². The molecule has 2 amide bonds. The summed E-state index contributed by atoms with van der Waals surface area (Å²) in [5.74, 6) is -0.959. The fraction of sp³-hybridized carbons (Fsp3) is 0.438. The minimum atomic E-state index is -1.47. The van der Waals surface area contributed by atoms with Crippen LogP contribution in [0.25, 0.3) is 0 Å². The van der Waals surface area contributed by atoms with Gasteiger partial charge in [0.05, 0.1) is 18.7 Å². The number of nitrogens with zero attached hydrogens (tertiary/aromatic N) is 4. The molecule has 0 heterocycles. The van der Waals surface area contributed by atoms with Gasteiger partial charge < -0.3 is 18.9 Å². The van der Waals surface area contributed by atoms with E-state index in [1.165, 1.54) is 38.1 Å². The van der Waals surface area contributed by atoms with Crippen LogP contribution in [0.3, 0.4) is 0 Å². The second-order valence-electron chi connectivity index (χ2n) is 11.4. The molecule has 0 aliphatic heterocycles. The van der Waals surface area contributed by atoms with Crippen molar-refractivity contribution in [3.05, 3.63) is 48.5 Å². The summed E-state index contributed by atoms with van der Waals surface area (Å²) in [5, 5.41) is 32.7. The minimum Gasteiger partial charge on any atom is -0.450 e. The summed E-state index contributed by atoms with van der Waals surface area (Å²) in [4.78, 5) is 48.7. The molecule has 0 saturated heterocycles. The molecule has 0 spiro atoms.